The molecule has 0 saturated heterocycles. The Morgan fingerprint density at radius 3 is 2.33 bits per heavy atom. The van der Waals surface area contributed by atoms with E-state index >= 15 is 0 Å². The molecule has 1 unspecified atom stereocenters. The van der Waals surface area contributed by atoms with Gasteiger partial charge in [-0.1, -0.05) is 11.6 Å². The summed E-state index contributed by atoms with van der Waals surface area (Å²) in [6.45, 7) is 1.34. The maximum absolute atomic E-state index is 13.2. The summed E-state index contributed by atoms with van der Waals surface area (Å²) >= 11 is 5.64. The number of nitrogens with zero attached hydrogens (tertiary/aromatic N) is 1. The normalized spacial score (nSPS) is 12.4. The van der Waals surface area contributed by atoms with E-state index in [9.17, 15) is 22.8 Å². The van der Waals surface area contributed by atoms with Crippen molar-refractivity contribution in [3.63, 3.8) is 0 Å². The predicted molar refractivity (Wildman–Crippen MR) is 109 cm³/mol. The van der Waals surface area contributed by atoms with Crippen LogP contribution in [-0.4, -0.2) is 43.5 Å². The number of alkyl halides is 3. The van der Waals surface area contributed by atoms with Crippen LogP contribution in [-0.2, 0) is 15.8 Å². The van der Waals surface area contributed by atoms with Gasteiger partial charge in [-0.05, 0) is 56.4 Å². The summed E-state index contributed by atoms with van der Waals surface area (Å²) in [5.41, 5.74) is -0.905. The van der Waals surface area contributed by atoms with Crippen molar-refractivity contribution < 1.29 is 27.5 Å². The molecule has 0 aliphatic rings. The van der Waals surface area contributed by atoms with Crippen molar-refractivity contribution in [3.05, 3.63) is 53.1 Å². The highest BCUT2D eigenvalue weighted by molar-refractivity contribution is 6.30. The number of carbonyl (C=O) groups excluding carboxylic acids is 2. The van der Waals surface area contributed by atoms with Crippen LogP contribution in [0.15, 0.2) is 42.5 Å². The summed E-state index contributed by atoms with van der Waals surface area (Å²) in [5, 5.41) is 4.83. The Morgan fingerprint density at radius 1 is 1.13 bits per heavy atom. The topological polar surface area (TPSA) is 70.7 Å². The largest absolute Gasteiger partial charge is 0.497 e. The molecule has 2 aromatic carbocycles. The second-order valence-corrected chi connectivity index (χ2v) is 6.98. The monoisotopic (exact) mass is 443 g/mol. The highest BCUT2D eigenvalue weighted by Crippen LogP contribution is 2.36. The van der Waals surface area contributed by atoms with E-state index in [-0.39, 0.29) is 17.5 Å². The van der Waals surface area contributed by atoms with Gasteiger partial charge in [-0.2, -0.15) is 13.2 Å². The minimum atomic E-state index is -4.68. The van der Waals surface area contributed by atoms with Crippen LogP contribution in [0.1, 0.15) is 12.5 Å². The molecule has 1 atom stereocenters. The molecule has 0 fully saturated rings. The summed E-state index contributed by atoms with van der Waals surface area (Å²) < 4.78 is 44.6. The van der Waals surface area contributed by atoms with Gasteiger partial charge in [-0.3, -0.25) is 14.5 Å². The van der Waals surface area contributed by atoms with Gasteiger partial charge in [0.2, 0.25) is 11.8 Å². The third-order valence-corrected chi connectivity index (χ3v) is 4.59. The molecule has 0 aromatic heterocycles. The first-order chi connectivity index (χ1) is 14.0. The first-order valence-corrected chi connectivity index (χ1v) is 9.21. The third kappa shape index (κ3) is 6.36. The lowest BCUT2D eigenvalue weighted by molar-refractivity contribution is -0.137. The molecule has 2 rings (SSSR count). The fourth-order valence-electron chi connectivity index (χ4n) is 2.54. The van der Waals surface area contributed by atoms with Crippen LogP contribution in [0.2, 0.25) is 5.02 Å². The standard InChI is InChI=1S/C20H21ClF3N3O3/c1-12(19(29)26-17-9-4-13(21)10-16(17)20(22,23)24)27(2)11-18(28)25-14-5-7-15(30-3)8-6-14/h4-10,12H,11H2,1-3H3,(H,25,28)(H,26,29). The number of amides is 2. The number of carbonyl (C=O) groups is 2. The first kappa shape index (κ1) is 23.5. The molecule has 0 bridgehead atoms. The number of methoxy groups -OCH3 is 1. The Morgan fingerprint density at radius 2 is 1.77 bits per heavy atom. The number of halogens is 4. The molecule has 2 amide bonds. The average Bonchev–Trinajstić information content (AvgIpc) is 2.68. The molecule has 10 heteroatoms. The Labute approximate surface area is 177 Å². The van der Waals surface area contributed by atoms with E-state index < -0.39 is 29.4 Å². The highest BCUT2D eigenvalue weighted by Gasteiger charge is 2.34. The van der Waals surface area contributed by atoms with Gasteiger partial charge in [0, 0.05) is 10.7 Å². The van der Waals surface area contributed by atoms with Crippen LogP contribution in [0, 0.1) is 0 Å². The highest BCUT2D eigenvalue weighted by atomic mass is 35.5. The number of nitrogens with one attached hydrogen (secondary N) is 2. The van der Waals surface area contributed by atoms with Gasteiger partial charge in [-0.25, -0.2) is 0 Å². The molecule has 6 nitrogen and oxygen atoms in total. The van der Waals surface area contributed by atoms with Crippen molar-refractivity contribution in [1.29, 1.82) is 0 Å². The second-order valence-electron chi connectivity index (χ2n) is 6.54. The lowest BCUT2D eigenvalue weighted by Gasteiger charge is -2.24. The zero-order valence-electron chi connectivity index (χ0n) is 16.5. The maximum Gasteiger partial charge on any atom is 0.418 e. The van der Waals surface area contributed by atoms with Crippen molar-refractivity contribution in [3.8, 4) is 5.75 Å². The number of hydrogen-bond acceptors (Lipinski definition) is 4. The van der Waals surface area contributed by atoms with Crippen molar-refractivity contribution >= 4 is 34.8 Å². The fourth-order valence-corrected chi connectivity index (χ4v) is 2.71. The Bertz CT molecular complexity index is 904. The minimum absolute atomic E-state index is 0.0966. The van der Waals surface area contributed by atoms with Crippen LogP contribution in [0.3, 0.4) is 0 Å². The Balaban J connectivity index is 1.99. The Hall–Kier alpha value is -2.78. The number of hydrogen-bond donors (Lipinski definition) is 2. The van der Waals surface area contributed by atoms with E-state index in [1.54, 1.807) is 24.3 Å². The van der Waals surface area contributed by atoms with Crippen LogP contribution in [0.5, 0.6) is 5.75 Å². The number of ether oxygens (including phenoxy) is 1. The number of likely N-dealkylation sites (N-methyl/N-ethyl adjacent to an activating group) is 1. The molecule has 2 N–H and O–H groups in total. The molecule has 0 spiro atoms. The van der Waals surface area contributed by atoms with Gasteiger partial charge in [0.25, 0.3) is 0 Å². The lowest BCUT2D eigenvalue weighted by atomic mass is 10.1. The van der Waals surface area contributed by atoms with Crippen molar-refractivity contribution in [2.24, 2.45) is 0 Å². The average molecular weight is 444 g/mol. The van der Waals surface area contributed by atoms with Crippen molar-refractivity contribution in [1.82, 2.24) is 4.90 Å². The van der Waals surface area contributed by atoms with E-state index in [1.807, 2.05) is 0 Å². The summed E-state index contributed by atoms with van der Waals surface area (Å²) in [4.78, 5) is 26.1. The molecule has 0 aliphatic heterocycles. The lowest BCUT2D eigenvalue weighted by Crippen LogP contribution is -2.43. The van der Waals surface area contributed by atoms with Gasteiger partial charge < -0.3 is 15.4 Å². The predicted octanol–water partition coefficient (Wildman–Crippen LogP) is 4.26. The molecule has 0 aliphatic carbocycles. The third-order valence-electron chi connectivity index (χ3n) is 4.35. The van der Waals surface area contributed by atoms with Gasteiger partial charge in [0.15, 0.2) is 0 Å². The Kier molecular flexibility index (Phi) is 7.69. The smallest absolute Gasteiger partial charge is 0.418 e. The van der Waals surface area contributed by atoms with E-state index in [0.717, 1.165) is 12.1 Å². The zero-order chi connectivity index (χ0) is 22.5. The summed E-state index contributed by atoms with van der Waals surface area (Å²) in [5.74, 6) is -0.441. The summed E-state index contributed by atoms with van der Waals surface area (Å²) in [7, 11) is 3.04. The van der Waals surface area contributed by atoms with Crippen LogP contribution >= 0.6 is 11.6 Å². The van der Waals surface area contributed by atoms with Crippen molar-refractivity contribution in [2.45, 2.75) is 19.1 Å². The fraction of sp³-hybridized carbons (Fsp3) is 0.300. The summed E-state index contributed by atoms with van der Waals surface area (Å²) in [6.07, 6.45) is -4.68. The van der Waals surface area contributed by atoms with Gasteiger partial charge >= 0.3 is 6.18 Å². The van der Waals surface area contributed by atoms with Crippen LogP contribution < -0.4 is 15.4 Å². The molecule has 162 valence electrons. The molecule has 0 radical (unpaired) electrons. The first-order valence-electron chi connectivity index (χ1n) is 8.83. The SMILES string of the molecule is COc1ccc(NC(=O)CN(C)C(C)C(=O)Nc2ccc(Cl)cc2C(F)(F)F)cc1. The van der Waals surface area contributed by atoms with Crippen LogP contribution in [0.4, 0.5) is 24.5 Å². The van der Waals surface area contributed by atoms with Gasteiger partial charge in [0.05, 0.1) is 30.9 Å². The van der Waals surface area contributed by atoms with E-state index in [4.69, 9.17) is 16.3 Å². The second kappa shape index (κ2) is 9.82. The number of anilines is 2. The van der Waals surface area contributed by atoms with E-state index in [0.29, 0.717) is 11.4 Å². The summed E-state index contributed by atoms with van der Waals surface area (Å²) in [6, 6.07) is 8.89. The maximum atomic E-state index is 13.2. The molecule has 0 heterocycles. The molecule has 0 saturated carbocycles. The van der Waals surface area contributed by atoms with E-state index in [2.05, 4.69) is 10.6 Å². The quantitative estimate of drug-likeness (QED) is 0.670. The van der Waals surface area contributed by atoms with E-state index in [1.165, 1.54) is 32.0 Å². The molecular formula is C20H21ClF3N3O3. The molecule has 30 heavy (non-hydrogen) atoms. The van der Waals surface area contributed by atoms with Gasteiger partial charge in [0.1, 0.15) is 5.75 Å². The number of rotatable bonds is 7. The minimum Gasteiger partial charge on any atom is -0.497 e. The molecular weight excluding hydrogens is 423 g/mol. The zero-order valence-corrected chi connectivity index (χ0v) is 17.3. The molecule has 2 aromatic rings. The van der Waals surface area contributed by atoms with Crippen molar-refractivity contribution in [2.75, 3.05) is 31.3 Å². The number of benzene rings is 2. The van der Waals surface area contributed by atoms with Crippen LogP contribution in [0.25, 0.3) is 0 Å². The van der Waals surface area contributed by atoms with Gasteiger partial charge in [-0.15, -0.1) is 0 Å².